The van der Waals surface area contributed by atoms with E-state index < -0.39 is 0 Å². The number of thioether (sulfide) groups is 1. The first-order valence-electron chi connectivity index (χ1n) is 6.13. The fourth-order valence-electron chi connectivity index (χ4n) is 1.52. The molecule has 0 aliphatic carbocycles. The molecule has 0 atom stereocenters. The number of hydrogen-bond acceptors (Lipinski definition) is 2. The van der Waals surface area contributed by atoms with E-state index >= 15 is 0 Å². The van der Waals surface area contributed by atoms with Gasteiger partial charge in [-0.1, -0.05) is 0 Å². The molecule has 0 aliphatic heterocycles. The zero-order valence-corrected chi connectivity index (χ0v) is 13.1. The fourth-order valence-corrected chi connectivity index (χ4v) is 4.38. The molecule has 2 aromatic rings. The molecule has 19 heavy (non-hydrogen) atoms. The van der Waals surface area contributed by atoms with Gasteiger partial charge in [0.15, 0.2) is 0 Å². The molecule has 0 bridgehead atoms. The summed E-state index contributed by atoms with van der Waals surface area (Å²) in [5, 5.41) is 9.16. The molecule has 0 saturated carbocycles. The van der Waals surface area contributed by atoms with Gasteiger partial charge < -0.3 is 0 Å². The minimum absolute atomic E-state index is 0.205. The van der Waals surface area contributed by atoms with Gasteiger partial charge in [-0.2, -0.15) is 0 Å². The fraction of sp³-hybridized carbons (Fsp3) is 0.125. The van der Waals surface area contributed by atoms with Gasteiger partial charge in [-0.05, 0) is 0 Å². The van der Waals surface area contributed by atoms with Crippen LogP contribution in [0.4, 0.5) is 0 Å². The first-order valence-corrected chi connectivity index (χ1v) is 8.79. The summed E-state index contributed by atoms with van der Waals surface area (Å²) in [6.45, 7) is 0.205. The van der Waals surface area contributed by atoms with Crippen LogP contribution in [0.3, 0.4) is 0 Å². The molecule has 0 amide bonds. The van der Waals surface area contributed by atoms with Gasteiger partial charge in [0, 0.05) is 0 Å². The van der Waals surface area contributed by atoms with Crippen molar-refractivity contribution in [3.05, 3.63) is 70.5 Å². The molecule has 0 unspecified atom stereocenters. The van der Waals surface area contributed by atoms with E-state index in [0.717, 1.165) is 6.42 Å². The van der Waals surface area contributed by atoms with Gasteiger partial charge >= 0.3 is 125 Å². The molecule has 3 heteroatoms. The van der Waals surface area contributed by atoms with E-state index in [2.05, 4.69) is 41.4 Å². The van der Waals surface area contributed by atoms with Crippen molar-refractivity contribution in [1.29, 1.82) is 0 Å². The third-order valence-corrected chi connectivity index (χ3v) is 5.84. The van der Waals surface area contributed by atoms with Crippen molar-refractivity contribution < 1.29 is 5.11 Å². The Morgan fingerprint density at radius 2 is 1.63 bits per heavy atom. The first kappa shape index (κ1) is 14.4. The molecule has 0 heterocycles. The first-order chi connectivity index (χ1) is 9.38. The normalized spacial score (nSPS) is 11.5. The summed E-state index contributed by atoms with van der Waals surface area (Å²) in [6.07, 6.45) is 0.730. The monoisotopic (exact) mass is 336 g/mol. The standard InChI is InChI=1S/C16H16OSSe/c17-12-11-15(18-14-7-3-1-4-8-14)13-19-16-9-5-2-6-10-16/h1-10,13,17H,11-12H2. The second-order valence-corrected chi connectivity index (χ2v) is 7.08. The second kappa shape index (κ2) is 8.23. The van der Waals surface area contributed by atoms with E-state index in [1.165, 1.54) is 14.3 Å². The van der Waals surface area contributed by atoms with Gasteiger partial charge in [-0.15, -0.1) is 0 Å². The molecule has 0 saturated heterocycles. The third kappa shape index (κ3) is 5.25. The average molecular weight is 335 g/mol. The molecule has 98 valence electrons. The number of benzene rings is 2. The SMILES string of the molecule is OCCC(=C[Se]c1ccccc1)Sc1ccccc1. The van der Waals surface area contributed by atoms with Crippen LogP contribution >= 0.6 is 11.8 Å². The van der Waals surface area contributed by atoms with E-state index in [9.17, 15) is 0 Å². The van der Waals surface area contributed by atoms with Crippen molar-refractivity contribution in [2.45, 2.75) is 11.3 Å². The summed E-state index contributed by atoms with van der Waals surface area (Å²) in [6, 6.07) is 20.8. The zero-order valence-electron chi connectivity index (χ0n) is 10.5. The Bertz CT molecular complexity index is 511. The Morgan fingerprint density at radius 3 is 2.26 bits per heavy atom. The van der Waals surface area contributed by atoms with Gasteiger partial charge in [0.1, 0.15) is 0 Å². The van der Waals surface area contributed by atoms with Crippen LogP contribution in [0.15, 0.2) is 75.4 Å². The van der Waals surface area contributed by atoms with Gasteiger partial charge in [0.05, 0.1) is 0 Å². The van der Waals surface area contributed by atoms with Crippen LogP contribution in [0.1, 0.15) is 6.42 Å². The van der Waals surface area contributed by atoms with Crippen molar-refractivity contribution in [2.24, 2.45) is 0 Å². The van der Waals surface area contributed by atoms with Crippen LogP contribution in [-0.4, -0.2) is 26.7 Å². The number of rotatable bonds is 6. The van der Waals surface area contributed by atoms with Gasteiger partial charge in [0.25, 0.3) is 0 Å². The van der Waals surface area contributed by atoms with Crippen molar-refractivity contribution >= 4 is 31.2 Å². The van der Waals surface area contributed by atoms with Crippen LogP contribution in [-0.2, 0) is 0 Å². The predicted octanol–water partition coefficient (Wildman–Crippen LogP) is 3.03. The van der Waals surface area contributed by atoms with E-state index in [1.54, 1.807) is 11.8 Å². The van der Waals surface area contributed by atoms with E-state index in [-0.39, 0.29) is 6.61 Å². The molecule has 0 aromatic heterocycles. The maximum absolute atomic E-state index is 9.16. The van der Waals surface area contributed by atoms with Crippen LogP contribution in [0.5, 0.6) is 0 Å². The second-order valence-electron chi connectivity index (χ2n) is 3.90. The van der Waals surface area contributed by atoms with Crippen LogP contribution < -0.4 is 4.46 Å². The number of aliphatic hydroxyl groups excluding tert-OH is 1. The Balaban J connectivity index is 2.03. The summed E-state index contributed by atoms with van der Waals surface area (Å²) in [5.41, 5.74) is 0. The Labute approximate surface area is 124 Å². The molecular weight excluding hydrogens is 319 g/mol. The molecular formula is C16H16OSSe. The molecule has 1 N–H and O–H groups in total. The van der Waals surface area contributed by atoms with Crippen LogP contribution in [0, 0.1) is 0 Å². The van der Waals surface area contributed by atoms with Gasteiger partial charge in [0.2, 0.25) is 0 Å². The average Bonchev–Trinajstić information content (AvgIpc) is 2.47. The quantitative estimate of drug-likeness (QED) is 0.647. The molecule has 2 aromatic carbocycles. The van der Waals surface area contributed by atoms with E-state index in [1.807, 2.05) is 24.3 Å². The molecule has 0 fully saturated rings. The summed E-state index contributed by atoms with van der Waals surface area (Å²) in [5.74, 6) is 0. The molecule has 0 radical (unpaired) electrons. The Morgan fingerprint density at radius 1 is 1.00 bits per heavy atom. The minimum atomic E-state index is 0.205. The van der Waals surface area contributed by atoms with Crippen molar-refractivity contribution in [3.63, 3.8) is 0 Å². The van der Waals surface area contributed by atoms with Gasteiger partial charge in [-0.25, -0.2) is 0 Å². The summed E-state index contributed by atoms with van der Waals surface area (Å²) < 4.78 is 1.36. The summed E-state index contributed by atoms with van der Waals surface area (Å²) >= 11 is 2.08. The zero-order chi connectivity index (χ0) is 13.3. The molecule has 0 aliphatic rings. The van der Waals surface area contributed by atoms with E-state index in [4.69, 9.17) is 5.11 Å². The number of hydrogen-bond donors (Lipinski definition) is 1. The Kier molecular flexibility index (Phi) is 6.25. The maximum atomic E-state index is 9.16. The summed E-state index contributed by atoms with van der Waals surface area (Å²) in [4.78, 5) is 4.75. The van der Waals surface area contributed by atoms with Crippen LogP contribution in [0.2, 0.25) is 0 Å². The topological polar surface area (TPSA) is 20.2 Å². The summed E-state index contributed by atoms with van der Waals surface area (Å²) in [7, 11) is 0. The molecule has 1 nitrogen and oxygen atoms in total. The third-order valence-electron chi connectivity index (χ3n) is 2.42. The molecule has 2 rings (SSSR count). The predicted molar refractivity (Wildman–Crippen MR) is 83.9 cm³/mol. The number of aliphatic hydroxyl groups is 1. The molecule has 0 spiro atoms. The van der Waals surface area contributed by atoms with Crippen molar-refractivity contribution in [3.8, 4) is 0 Å². The van der Waals surface area contributed by atoms with Crippen molar-refractivity contribution in [1.82, 2.24) is 0 Å². The van der Waals surface area contributed by atoms with Crippen LogP contribution in [0.25, 0.3) is 0 Å². The van der Waals surface area contributed by atoms with E-state index in [0.29, 0.717) is 15.0 Å². The van der Waals surface area contributed by atoms with Gasteiger partial charge in [-0.3, -0.25) is 0 Å². The van der Waals surface area contributed by atoms with Crippen molar-refractivity contribution in [2.75, 3.05) is 6.61 Å². The Hall–Kier alpha value is -0.991.